The van der Waals surface area contributed by atoms with Crippen LogP contribution in [0.3, 0.4) is 0 Å². The molecule has 3 aromatic carbocycles. The predicted octanol–water partition coefficient (Wildman–Crippen LogP) is 4.86. The fraction of sp³-hybridized carbons (Fsp3) is 0.125. The van der Waals surface area contributed by atoms with Crippen LogP contribution in [0, 0.1) is 0 Å². The maximum atomic E-state index is 12.2. The number of hydrogen-bond acceptors (Lipinski definition) is 3. The number of rotatable bonds is 7. The second-order valence-corrected chi connectivity index (χ2v) is 6.23. The average Bonchev–Trinajstić information content (AvgIpc) is 2.74. The standard InChI is InChI=1S/C24H23NO2/c1-27-24(26)23(25-18-21-10-6-3-7-11-21)22-16-14-20(15-17-22)13-12-19-8-4-2-5-9-19/h2-17,23,25H,18H2,1H3/b13-12+/t23-/m1/s1. The van der Waals surface area contributed by atoms with Gasteiger partial charge < -0.3 is 4.74 Å². The second-order valence-electron chi connectivity index (χ2n) is 6.23. The molecule has 0 aliphatic rings. The summed E-state index contributed by atoms with van der Waals surface area (Å²) in [4.78, 5) is 12.2. The van der Waals surface area contributed by atoms with Gasteiger partial charge in [-0.3, -0.25) is 5.32 Å². The molecule has 136 valence electrons. The number of esters is 1. The number of nitrogens with one attached hydrogen (secondary N) is 1. The molecule has 3 heteroatoms. The minimum absolute atomic E-state index is 0.293. The van der Waals surface area contributed by atoms with Crippen molar-refractivity contribution in [1.29, 1.82) is 0 Å². The van der Waals surface area contributed by atoms with Gasteiger partial charge >= 0.3 is 5.97 Å². The van der Waals surface area contributed by atoms with Crippen LogP contribution in [0.1, 0.15) is 28.3 Å². The topological polar surface area (TPSA) is 38.3 Å². The van der Waals surface area contributed by atoms with E-state index in [2.05, 4.69) is 29.6 Å². The summed E-state index contributed by atoms with van der Waals surface area (Å²) in [6.45, 7) is 0.594. The third-order valence-corrected chi connectivity index (χ3v) is 4.33. The van der Waals surface area contributed by atoms with Gasteiger partial charge in [-0.25, -0.2) is 4.79 Å². The van der Waals surface area contributed by atoms with Crippen molar-refractivity contribution in [3.63, 3.8) is 0 Å². The van der Waals surface area contributed by atoms with Gasteiger partial charge in [-0.15, -0.1) is 0 Å². The first-order valence-corrected chi connectivity index (χ1v) is 8.94. The van der Waals surface area contributed by atoms with Crippen molar-refractivity contribution < 1.29 is 9.53 Å². The van der Waals surface area contributed by atoms with Crippen molar-refractivity contribution in [3.05, 3.63) is 107 Å². The van der Waals surface area contributed by atoms with Crippen molar-refractivity contribution in [2.75, 3.05) is 7.11 Å². The van der Waals surface area contributed by atoms with E-state index in [0.29, 0.717) is 6.54 Å². The summed E-state index contributed by atoms with van der Waals surface area (Å²) in [7, 11) is 1.41. The highest BCUT2D eigenvalue weighted by Gasteiger charge is 2.20. The first kappa shape index (κ1) is 18.6. The molecule has 0 spiro atoms. The van der Waals surface area contributed by atoms with E-state index in [1.807, 2.05) is 72.8 Å². The molecule has 1 N–H and O–H groups in total. The van der Waals surface area contributed by atoms with Crippen molar-refractivity contribution >= 4 is 18.1 Å². The molecule has 0 aliphatic heterocycles. The molecule has 0 saturated heterocycles. The first-order valence-electron chi connectivity index (χ1n) is 8.94. The quantitative estimate of drug-likeness (QED) is 0.485. The van der Waals surface area contributed by atoms with Gasteiger partial charge in [0.15, 0.2) is 0 Å². The zero-order chi connectivity index (χ0) is 18.9. The fourth-order valence-electron chi connectivity index (χ4n) is 2.83. The van der Waals surface area contributed by atoms with Crippen LogP contribution in [0.5, 0.6) is 0 Å². The Balaban J connectivity index is 1.71. The van der Waals surface area contributed by atoms with E-state index in [4.69, 9.17) is 4.74 Å². The zero-order valence-corrected chi connectivity index (χ0v) is 15.3. The van der Waals surface area contributed by atoms with Crippen LogP contribution >= 0.6 is 0 Å². The summed E-state index contributed by atoms with van der Waals surface area (Å²) >= 11 is 0. The van der Waals surface area contributed by atoms with Crippen LogP contribution in [0.25, 0.3) is 12.2 Å². The Labute approximate surface area is 160 Å². The monoisotopic (exact) mass is 357 g/mol. The van der Waals surface area contributed by atoms with Gasteiger partial charge in [0.05, 0.1) is 7.11 Å². The molecule has 3 nitrogen and oxygen atoms in total. The largest absolute Gasteiger partial charge is 0.468 e. The van der Waals surface area contributed by atoms with Gasteiger partial charge in [0, 0.05) is 6.54 Å². The van der Waals surface area contributed by atoms with Gasteiger partial charge in [-0.05, 0) is 22.3 Å². The lowest BCUT2D eigenvalue weighted by Crippen LogP contribution is -2.29. The summed E-state index contributed by atoms with van der Waals surface area (Å²) in [6.07, 6.45) is 4.13. The molecule has 1 atom stereocenters. The fourth-order valence-corrected chi connectivity index (χ4v) is 2.83. The molecule has 0 saturated carbocycles. The van der Waals surface area contributed by atoms with Gasteiger partial charge in [-0.2, -0.15) is 0 Å². The number of hydrogen-bond donors (Lipinski definition) is 1. The normalized spacial score (nSPS) is 12.0. The minimum atomic E-state index is -0.498. The summed E-state index contributed by atoms with van der Waals surface area (Å²) in [5.41, 5.74) is 4.23. The predicted molar refractivity (Wildman–Crippen MR) is 110 cm³/mol. The Bertz CT molecular complexity index is 871. The van der Waals surface area contributed by atoms with E-state index in [-0.39, 0.29) is 5.97 Å². The van der Waals surface area contributed by atoms with Crippen LogP contribution in [-0.2, 0) is 16.1 Å². The van der Waals surface area contributed by atoms with E-state index in [1.54, 1.807) is 0 Å². The summed E-state index contributed by atoms with van der Waals surface area (Å²) < 4.78 is 4.98. The number of carbonyl (C=O) groups excluding carboxylic acids is 1. The Morgan fingerprint density at radius 1 is 0.852 bits per heavy atom. The highest BCUT2D eigenvalue weighted by molar-refractivity contribution is 5.78. The van der Waals surface area contributed by atoms with E-state index in [0.717, 1.165) is 22.3 Å². The Morgan fingerprint density at radius 3 is 2.00 bits per heavy atom. The maximum Gasteiger partial charge on any atom is 0.327 e. The minimum Gasteiger partial charge on any atom is -0.468 e. The van der Waals surface area contributed by atoms with Gasteiger partial charge in [0.1, 0.15) is 6.04 Å². The van der Waals surface area contributed by atoms with E-state index in [9.17, 15) is 4.79 Å². The Kier molecular flexibility index (Phi) is 6.55. The second kappa shape index (κ2) is 9.51. The smallest absolute Gasteiger partial charge is 0.327 e. The van der Waals surface area contributed by atoms with Crippen molar-refractivity contribution in [2.24, 2.45) is 0 Å². The van der Waals surface area contributed by atoms with E-state index < -0.39 is 6.04 Å². The van der Waals surface area contributed by atoms with Crippen LogP contribution in [0.4, 0.5) is 0 Å². The third-order valence-electron chi connectivity index (χ3n) is 4.33. The molecule has 0 radical (unpaired) electrons. The Morgan fingerprint density at radius 2 is 1.41 bits per heavy atom. The molecular weight excluding hydrogens is 334 g/mol. The van der Waals surface area contributed by atoms with E-state index in [1.165, 1.54) is 7.11 Å². The molecule has 0 unspecified atom stereocenters. The number of ether oxygens (including phenoxy) is 1. The average molecular weight is 357 g/mol. The SMILES string of the molecule is COC(=O)[C@H](NCc1ccccc1)c1ccc(/C=C/c2ccccc2)cc1. The Hall–Kier alpha value is -3.17. The van der Waals surface area contributed by atoms with Crippen LogP contribution in [0.2, 0.25) is 0 Å². The summed E-state index contributed by atoms with van der Waals surface area (Å²) in [5, 5.41) is 3.29. The zero-order valence-electron chi connectivity index (χ0n) is 15.3. The van der Waals surface area contributed by atoms with Crippen molar-refractivity contribution in [3.8, 4) is 0 Å². The molecule has 0 amide bonds. The number of methoxy groups -OCH3 is 1. The van der Waals surface area contributed by atoms with Gasteiger partial charge in [-0.1, -0.05) is 97.1 Å². The van der Waals surface area contributed by atoms with Crippen LogP contribution in [0.15, 0.2) is 84.9 Å². The van der Waals surface area contributed by atoms with Crippen molar-refractivity contribution in [1.82, 2.24) is 5.32 Å². The van der Waals surface area contributed by atoms with Crippen molar-refractivity contribution in [2.45, 2.75) is 12.6 Å². The van der Waals surface area contributed by atoms with Gasteiger partial charge in [0.25, 0.3) is 0 Å². The van der Waals surface area contributed by atoms with Gasteiger partial charge in [0.2, 0.25) is 0 Å². The molecular formula is C24H23NO2. The van der Waals surface area contributed by atoms with Crippen LogP contribution in [-0.4, -0.2) is 13.1 Å². The molecule has 3 aromatic rings. The lowest BCUT2D eigenvalue weighted by molar-refractivity contribution is -0.143. The highest BCUT2D eigenvalue weighted by atomic mass is 16.5. The summed E-state index contributed by atoms with van der Waals surface area (Å²) in [5.74, 6) is -0.293. The first-order chi connectivity index (χ1) is 13.3. The number of carbonyl (C=O) groups is 1. The molecule has 0 fully saturated rings. The number of benzene rings is 3. The summed E-state index contributed by atoms with van der Waals surface area (Å²) in [6, 6.07) is 27.6. The molecule has 3 rings (SSSR count). The molecule has 0 aliphatic carbocycles. The molecule has 27 heavy (non-hydrogen) atoms. The lowest BCUT2D eigenvalue weighted by Gasteiger charge is -2.17. The molecule has 0 heterocycles. The third kappa shape index (κ3) is 5.40. The molecule has 0 aromatic heterocycles. The maximum absolute atomic E-state index is 12.2. The highest BCUT2D eigenvalue weighted by Crippen LogP contribution is 2.18. The lowest BCUT2D eigenvalue weighted by atomic mass is 10.0. The van der Waals surface area contributed by atoms with E-state index >= 15 is 0 Å². The van der Waals surface area contributed by atoms with Crippen LogP contribution < -0.4 is 5.32 Å². The molecule has 0 bridgehead atoms.